The molecule has 4 rings (SSSR count). The summed E-state index contributed by atoms with van der Waals surface area (Å²) in [5, 5.41) is 22.1. The Labute approximate surface area is 142 Å². The first-order chi connectivity index (χ1) is 12.2. The molecule has 0 aliphatic carbocycles. The first-order valence-electron chi connectivity index (χ1n) is 7.72. The molecule has 0 unspecified atom stereocenters. The third-order valence-electron chi connectivity index (χ3n) is 3.79. The van der Waals surface area contributed by atoms with E-state index in [0.29, 0.717) is 16.8 Å². The van der Waals surface area contributed by atoms with Crippen LogP contribution in [-0.2, 0) is 6.54 Å². The Morgan fingerprint density at radius 1 is 1.16 bits per heavy atom. The van der Waals surface area contributed by atoms with Gasteiger partial charge in [-0.05, 0) is 53.7 Å². The molecule has 0 saturated heterocycles. The number of amides is 1. The molecule has 0 aliphatic heterocycles. The lowest BCUT2D eigenvalue weighted by Crippen LogP contribution is -2.12. The summed E-state index contributed by atoms with van der Waals surface area (Å²) in [5.74, 6) is -0.221. The Hall–Kier alpha value is -3.62. The SMILES string of the molecule is CCn1nnc2cc(C(=O)Nc3cccc(-n4cnnn4)c3)ccc21. The summed E-state index contributed by atoms with van der Waals surface area (Å²) >= 11 is 0. The minimum absolute atomic E-state index is 0.221. The van der Waals surface area contributed by atoms with Crippen molar-refractivity contribution in [2.24, 2.45) is 0 Å². The van der Waals surface area contributed by atoms with E-state index >= 15 is 0 Å². The molecular formula is C16H14N8O. The number of benzene rings is 2. The molecule has 0 atom stereocenters. The highest BCUT2D eigenvalue weighted by Crippen LogP contribution is 2.17. The standard InChI is InChI=1S/C16H14N8O/c1-2-23-15-7-6-11(8-14(15)19-21-23)16(25)18-12-4-3-5-13(9-12)24-10-17-20-22-24/h3-10H,2H2,1H3,(H,18,25). The second-order valence-corrected chi connectivity index (χ2v) is 5.37. The topological polar surface area (TPSA) is 103 Å². The number of rotatable bonds is 4. The van der Waals surface area contributed by atoms with Gasteiger partial charge in [-0.1, -0.05) is 11.3 Å². The molecule has 2 aromatic carbocycles. The molecule has 2 aromatic heterocycles. The number of aryl methyl sites for hydroxylation is 1. The highest BCUT2D eigenvalue weighted by molar-refractivity contribution is 6.06. The molecule has 4 aromatic rings. The van der Waals surface area contributed by atoms with E-state index in [0.717, 1.165) is 17.7 Å². The van der Waals surface area contributed by atoms with Crippen LogP contribution in [0.3, 0.4) is 0 Å². The number of carbonyl (C=O) groups is 1. The normalized spacial score (nSPS) is 10.9. The van der Waals surface area contributed by atoms with Crippen LogP contribution in [0.4, 0.5) is 5.69 Å². The number of nitrogens with one attached hydrogen (secondary N) is 1. The van der Waals surface area contributed by atoms with Gasteiger partial charge in [-0.25, -0.2) is 9.36 Å². The summed E-state index contributed by atoms with van der Waals surface area (Å²) in [7, 11) is 0. The van der Waals surface area contributed by atoms with E-state index < -0.39 is 0 Å². The molecule has 9 nitrogen and oxygen atoms in total. The zero-order valence-electron chi connectivity index (χ0n) is 13.4. The van der Waals surface area contributed by atoms with E-state index in [9.17, 15) is 4.79 Å². The van der Waals surface area contributed by atoms with Crippen LogP contribution < -0.4 is 5.32 Å². The number of fused-ring (bicyclic) bond motifs is 1. The van der Waals surface area contributed by atoms with Gasteiger partial charge in [-0.2, -0.15) is 0 Å². The lowest BCUT2D eigenvalue weighted by Gasteiger charge is -2.07. The smallest absolute Gasteiger partial charge is 0.255 e. The van der Waals surface area contributed by atoms with Crippen LogP contribution in [0.2, 0.25) is 0 Å². The number of tetrazole rings is 1. The molecule has 124 valence electrons. The van der Waals surface area contributed by atoms with E-state index in [2.05, 4.69) is 31.2 Å². The van der Waals surface area contributed by atoms with Crippen molar-refractivity contribution < 1.29 is 4.79 Å². The van der Waals surface area contributed by atoms with Gasteiger partial charge in [-0.3, -0.25) is 4.79 Å². The first kappa shape index (κ1) is 14.9. The third-order valence-corrected chi connectivity index (χ3v) is 3.79. The zero-order valence-corrected chi connectivity index (χ0v) is 13.4. The summed E-state index contributed by atoms with van der Waals surface area (Å²) in [6.07, 6.45) is 1.49. The fraction of sp³-hybridized carbons (Fsp3) is 0.125. The molecule has 2 heterocycles. The minimum atomic E-state index is -0.221. The predicted octanol–water partition coefficient (Wildman–Crippen LogP) is 1.68. The van der Waals surface area contributed by atoms with Crippen molar-refractivity contribution in [3.8, 4) is 5.69 Å². The van der Waals surface area contributed by atoms with Crippen molar-refractivity contribution in [2.45, 2.75) is 13.5 Å². The van der Waals surface area contributed by atoms with Crippen molar-refractivity contribution in [1.29, 1.82) is 0 Å². The van der Waals surface area contributed by atoms with E-state index in [4.69, 9.17) is 0 Å². The Morgan fingerprint density at radius 3 is 2.88 bits per heavy atom. The molecule has 0 radical (unpaired) electrons. The van der Waals surface area contributed by atoms with Gasteiger partial charge in [0.05, 0.1) is 11.2 Å². The maximum absolute atomic E-state index is 12.5. The summed E-state index contributed by atoms with van der Waals surface area (Å²) in [4.78, 5) is 12.5. The van der Waals surface area contributed by atoms with Gasteiger partial charge in [0.1, 0.15) is 11.8 Å². The van der Waals surface area contributed by atoms with Gasteiger partial charge in [-0.15, -0.1) is 10.2 Å². The Bertz CT molecular complexity index is 1040. The van der Waals surface area contributed by atoms with Gasteiger partial charge >= 0.3 is 0 Å². The second-order valence-electron chi connectivity index (χ2n) is 5.37. The lowest BCUT2D eigenvalue weighted by atomic mass is 10.1. The number of nitrogens with zero attached hydrogens (tertiary/aromatic N) is 7. The largest absolute Gasteiger partial charge is 0.322 e. The van der Waals surface area contributed by atoms with Gasteiger partial charge in [0, 0.05) is 17.8 Å². The molecule has 0 aliphatic rings. The van der Waals surface area contributed by atoms with Crippen molar-refractivity contribution >= 4 is 22.6 Å². The van der Waals surface area contributed by atoms with Crippen LogP contribution in [0.5, 0.6) is 0 Å². The second kappa shape index (κ2) is 6.11. The van der Waals surface area contributed by atoms with Crippen LogP contribution in [0.1, 0.15) is 17.3 Å². The summed E-state index contributed by atoms with van der Waals surface area (Å²) < 4.78 is 3.30. The summed E-state index contributed by atoms with van der Waals surface area (Å²) in [6.45, 7) is 2.72. The van der Waals surface area contributed by atoms with Crippen LogP contribution in [-0.4, -0.2) is 41.1 Å². The molecule has 9 heteroatoms. The van der Waals surface area contributed by atoms with Crippen molar-refractivity contribution in [3.63, 3.8) is 0 Å². The Balaban J connectivity index is 1.59. The van der Waals surface area contributed by atoms with Gasteiger partial charge < -0.3 is 5.32 Å². The van der Waals surface area contributed by atoms with Crippen molar-refractivity contribution in [3.05, 3.63) is 54.4 Å². The van der Waals surface area contributed by atoms with E-state index in [1.807, 2.05) is 25.1 Å². The van der Waals surface area contributed by atoms with Crippen LogP contribution in [0, 0.1) is 0 Å². The van der Waals surface area contributed by atoms with E-state index in [1.54, 1.807) is 28.9 Å². The zero-order chi connectivity index (χ0) is 17.2. The average molecular weight is 334 g/mol. The highest BCUT2D eigenvalue weighted by atomic mass is 16.1. The number of hydrogen-bond donors (Lipinski definition) is 1. The van der Waals surface area contributed by atoms with Crippen molar-refractivity contribution in [2.75, 3.05) is 5.32 Å². The molecule has 0 spiro atoms. The predicted molar refractivity (Wildman–Crippen MR) is 90.3 cm³/mol. The molecule has 1 N–H and O–H groups in total. The van der Waals surface area contributed by atoms with Crippen LogP contribution >= 0.6 is 0 Å². The minimum Gasteiger partial charge on any atom is -0.322 e. The van der Waals surface area contributed by atoms with Gasteiger partial charge in [0.15, 0.2) is 0 Å². The summed E-state index contributed by atoms with van der Waals surface area (Å²) in [6, 6.07) is 12.6. The number of aromatic nitrogens is 7. The highest BCUT2D eigenvalue weighted by Gasteiger charge is 2.10. The Morgan fingerprint density at radius 2 is 2.08 bits per heavy atom. The molecule has 0 bridgehead atoms. The number of anilines is 1. The Kier molecular flexibility index (Phi) is 3.65. The molecule has 0 fully saturated rings. The van der Waals surface area contributed by atoms with Gasteiger partial charge in [0.25, 0.3) is 5.91 Å². The van der Waals surface area contributed by atoms with Crippen LogP contribution in [0.15, 0.2) is 48.8 Å². The van der Waals surface area contributed by atoms with Gasteiger partial charge in [0.2, 0.25) is 0 Å². The van der Waals surface area contributed by atoms with Crippen LogP contribution in [0.25, 0.3) is 16.7 Å². The lowest BCUT2D eigenvalue weighted by molar-refractivity contribution is 0.102. The molecular weight excluding hydrogens is 320 g/mol. The number of hydrogen-bond acceptors (Lipinski definition) is 6. The van der Waals surface area contributed by atoms with E-state index in [-0.39, 0.29) is 5.91 Å². The fourth-order valence-corrected chi connectivity index (χ4v) is 2.56. The maximum Gasteiger partial charge on any atom is 0.255 e. The van der Waals surface area contributed by atoms with E-state index in [1.165, 1.54) is 11.0 Å². The monoisotopic (exact) mass is 334 g/mol. The summed E-state index contributed by atoms with van der Waals surface area (Å²) in [5.41, 5.74) is 3.51. The quantitative estimate of drug-likeness (QED) is 0.609. The maximum atomic E-state index is 12.5. The number of carbonyl (C=O) groups excluding carboxylic acids is 1. The fourth-order valence-electron chi connectivity index (χ4n) is 2.56. The average Bonchev–Trinajstić information content (AvgIpc) is 3.31. The molecule has 1 amide bonds. The molecule has 25 heavy (non-hydrogen) atoms. The first-order valence-corrected chi connectivity index (χ1v) is 7.72. The van der Waals surface area contributed by atoms with Crippen molar-refractivity contribution in [1.82, 2.24) is 35.2 Å². The third kappa shape index (κ3) is 2.82. The molecule has 0 saturated carbocycles.